The van der Waals surface area contributed by atoms with Gasteiger partial charge in [-0.2, -0.15) is 0 Å². The molecule has 2 aliphatic rings. The van der Waals surface area contributed by atoms with Crippen LogP contribution in [0.5, 0.6) is 0 Å². The highest BCUT2D eigenvalue weighted by atomic mass is 35.5. The number of hydrogen-bond acceptors (Lipinski definition) is 3. The predicted molar refractivity (Wildman–Crippen MR) is 54.4 cm³/mol. The van der Waals surface area contributed by atoms with Crippen LogP contribution in [0.25, 0.3) is 0 Å². The summed E-state index contributed by atoms with van der Waals surface area (Å²) in [7, 11) is 2.10. The first-order chi connectivity index (χ1) is 6.58. The number of halogens is 1. The molecule has 0 amide bonds. The fraction of sp³-hybridized carbons (Fsp3) is 0.900. The van der Waals surface area contributed by atoms with Crippen molar-refractivity contribution < 1.29 is 9.53 Å². The van der Waals surface area contributed by atoms with Crippen LogP contribution in [-0.4, -0.2) is 41.5 Å². The van der Waals surface area contributed by atoms with Crippen molar-refractivity contribution in [3.63, 3.8) is 0 Å². The molecule has 2 fully saturated rings. The fourth-order valence-electron chi connectivity index (χ4n) is 2.70. The lowest BCUT2D eigenvalue weighted by Crippen LogP contribution is -2.43. The van der Waals surface area contributed by atoms with E-state index < -0.39 is 0 Å². The molecule has 2 rings (SSSR count). The van der Waals surface area contributed by atoms with Crippen molar-refractivity contribution in [2.45, 2.75) is 49.8 Å². The molecule has 3 nitrogen and oxygen atoms in total. The summed E-state index contributed by atoms with van der Waals surface area (Å²) < 4.78 is 5.30. The topological polar surface area (TPSA) is 29.5 Å². The van der Waals surface area contributed by atoms with Gasteiger partial charge >= 0.3 is 5.97 Å². The molecule has 2 heterocycles. The van der Waals surface area contributed by atoms with E-state index in [1.165, 1.54) is 6.92 Å². The molecular weight excluding hydrogens is 202 g/mol. The van der Waals surface area contributed by atoms with E-state index in [1.54, 1.807) is 0 Å². The summed E-state index contributed by atoms with van der Waals surface area (Å²) in [5.41, 5.74) is 0. The van der Waals surface area contributed by atoms with Crippen molar-refractivity contribution in [2.24, 2.45) is 0 Å². The Hall–Kier alpha value is -0.280. The van der Waals surface area contributed by atoms with Crippen LogP contribution in [0.3, 0.4) is 0 Å². The van der Waals surface area contributed by atoms with Crippen LogP contribution in [0.1, 0.15) is 26.2 Å². The maximum atomic E-state index is 10.9. The molecule has 0 aliphatic carbocycles. The number of nitrogens with zero attached hydrogens (tertiary/aromatic N) is 1. The molecular formula is C10H16ClNO2. The zero-order valence-electron chi connectivity index (χ0n) is 8.57. The minimum atomic E-state index is -0.179. The molecule has 2 saturated heterocycles. The molecule has 0 aromatic carbocycles. The standard InChI is InChI=1S/C10H16ClNO2/c1-6(13)14-10-5-8-3-7(11)4-9(10)12(8)2/h7-10H,3-5H2,1-2H3. The van der Waals surface area contributed by atoms with Crippen LogP contribution in [0.15, 0.2) is 0 Å². The number of ether oxygens (including phenoxy) is 1. The lowest BCUT2D eigenvalue weighted by molar-refractivity contribution is -0.147. The Morgan fingerprint density at radius 2 is 2.14 bits per heavy atom. The summed E-state index contributed by atoms with van der Waals surface area (Å²) in [6.07, 6.45) is 2.97. The van der Waals surface area contributed by atoms with E-state index in [1.807, 2.05) is 0 Å². The first-order valence-electron chi connectivity index (χ1n) is 5.11. The van der Waals surface area contributed by atoms with Gasteiger partial charge in [-0.15, -0.1) is 11.6 Å². The van der Waals surface area contributed by atoms with E-state index in [9.17, 15) is 4.79 Å². The summed E-state index contributed by atoms with van der Waals surface area (Å²) >= 11 is 6.15. The van der Waals surface area contributed by atoms with Crippen molar-refractivity contribution >= 4 is 17.6 Å². The molecule has 0 radical (unpaired) electrons. The van der Waals surface area contributed by atoms with Gasteiger partial charge in [-0.05, 0) is 19.9 Å². The van der Waals surface area contributed by atoms with E-state index in [-0.39, 0.29) is 17.5 Å². The van der Waals surface area contributed by atoms with Crippen molar-refractivity contribution in [2.75, 3.05) is 7.05 Å². The second-order valence-corrected chi connectivity index (χ2v) is 4.96. The van der Waals surface area contributed by atoms with Crippen molar-refractivity contribution in [1.82, 2.24) is 4.90 Å². The molecule has 0 aromatic rings. The van der Waals surface area contributed by atoms with Gasteiger partial charge in [-0.3, -0.25) is 9.69 Å². The van der Waals surface area contributed by atoms with Gasteiger partial charge in [-0.1, -0.05) is 0 Å². The average Bonchev–Trinajstić information content (AvgIpc) is 2.30. The number of esters is 1. The van der Waals surface area contributed by atoms with E-state index in [0.29, 0.717) is 12.1 Å². The summed E-state index contributed by atoms with van der Waals surface area (Å²) in [5.74, 6) is -0.179. The highest BCUT2D eigenvalue weighted by molar-refractivity contribution is 6.20. The molecule has 4 heteroatoms. The monoisotopic (exact) mass is 217 g/mol. The number of likely N-dealkylation sites (N-methyl/N-ethyl adjacent to an activating group) is 1. The van der Waals surface area contributed by atoms with Crippen molar-refractivity contribution in [3.05, 3.63) is 0 Å². The normalized spacial score (nSPS) is 42.5. The Morgan fingerprint density at radius 3 is 2.79 bits per heavy atom. The molecule has 2 aliphatic heterocycles. The maximum absolute atomic E-state index is 10.9. The van der Waals surface area contributed by atoms with E-state index in [0.717, 1.165) is 19.3 Å². The maximum Gasteiger partial charge on any atom is 0.302 e. The van der Waals surface area contributed by atoms with Gasteiger partial charge < -0.3 is 4.74 Å². The summed E-state index contributed by atoms with van der Waals surface area (Å²) in [6, 6.07) is 0.834. The summed E-state index contributed by atoms with van der Waals surface area (Å²) in [5, 5.41) is 0.252. The first-order valence-corrected chi connectivity index (χ1v) is 5.55. The number of rotatable bonds is 1. The molecule has 80 valence electrons. The van der Waals surface area contributed by atoms with Crippen LogP contribution < -0.4 is 0 Å². The Bertz CT molecular complexity index is 246. The first kappa shape index (κ1) is 10.2. The van der Waals surface area contributed by atoms with Gasteiger partial charge in [-0.25, -0.2) is 0 Å². The van der Waals surface area contributed by atoms with Crippen LogP contribution in [0.2, 0.25) is 0 Å². The second kappa shape index (κ2) is 3.70. The number of alkyl halides is 1. The molecule has 0 spiro atoms. The molecule has 14 heavy (non-hydrogen) atoms. The Labute approximate surface area is 89.4 Å². The molecule has 0 aromatic heterocycles. The molecule has 4 unspecified atom stereocenters. The molecule has 0 saturated carbocycles. The second-order valence-electron chi connectivity index (χ2n) is 4.34. The number of carbonyl (C=O) groups is 1. The molecule has 4 atom stereocenters. The van der Waals surface area contributed by atoms with Gasteiger partial charge in [0.25, 0.3) is 0 Å². The van der Waals surface area contributed by atoms with Crippen LogP contribution in [-0.2, 0) is 9.53 Å². The van der Waals surface area contributed by atoms with Crippen LogP contribution >= 0.6 is 11.6 Å². The summed E-state index contributed by atoms with van der Waals surface area (Å²) in [4.78, 5) is 13.2. The third-order valence-electron chi connectivity index (χ3n) is 3.38. The van der Waals surface area contributed by atoms with Crippen LogP contribution in [0.4, 0.5) is 0 Å². The Morgan fingerprint density at radius 1 is 1.43 bits per heavy atom. The quantitative estimate of drug-likeness (QED) is 0.491. The highest BCUT2D eigenvalue weighted by Crippen LogP contribution is 2.38. The third-order valence-corrected chi connectivity index (χ3v) is 3.73. The zero-order chi connectivity index (χ0) is 10.3. The minimum Gasteiger partial charge on any atom is -0.461 e. The molecule has 0 N–H and O–H groups in total. The number of hydrogen-bond donors (Lipinski definition) is 0. The van der Waals surface area contributed by atoms with E-state index in [2.05, 4.69) is 11.9 Å². The summed E-state index contributed by atoms with van der Waals surface area (Å²) in [6.45, 7) is 1.47. The average molecular weight is 218 g/mol. The van der Waals surface area contributed by atoms with E-state index >= 15 is 0 Å². The lowest BCUT2D eigenvalue weighted by Gasteiger charge is -2.34. The Balaban J connectivity index is 2.05. The SMILES string of the molecule is CC(=O)OC1CC2CC(Cl)CC1N2C. The number of piperidine rings is 1. The van der Waals surface area contributed by atoms with Gasteiger partial charge in [0.05, 0.1) is 0 Å². The zero-order valence-corrected chi connectivity index (χ0v) is 9.33. The smallest absolute Gasteiger partial charge is 0.302 e. The number of carbonyl (C=O) groups excluding carboxylic acids is 1. The van der Waals surface area contributed by atoms with Crippen molar-refractivity contribution in [3.8, 4) is 0 Å². The Kier molecular flexibility index (Phi) is 2.71. The fourth-order valence-corrected chi connectivity index (χ4v) is 3.09. The highest BCUT2D eigenvalue weighted by Gasteiger charge is 2.45. The van der Waals surface area contributed by atoms with Gasteiger partial charge in [0.15, 0.2) is 0 Å². The lowest BCUT2D eigenvalue weighted by atomic mass is 10.0. The van der Waals surface area contributed by atoms with Gasteiger partial charge in [0.1, 0.15) is 6.10 Å². The predicted octanol–water partition coefficient (Wildman–Crippen LogP) is 1.39. The van der Waals surface area contributed by atoms with Crippen LogP contribution in [0, 0.1) is 0 Å². The largest absolute Gasteiger partial charge is 0.461 e. The third kappa shape index (κ3) is 1.75. The van der Waals surface area contributed by atoms with Gasteiger partial charge in [0.2, 0.25) is 0 Å². The number of fused-ring (bicyclic) bond motifs is 2. The van der Waals surface area contributed by atoms with Crippen molar-refractivity contribution in [1.29, 1.82) is 0 Å². The van der Waals surface area contributed by atoms with E-state index in [4.69, 9.17) is 16.3 Å². The van der Waals surface area contributed by atoms with Gasteiger partial charge in [0, 0.05) is 30.8 Å². The minimum absolute atomic E-state index is 0.0613. The molecule has 2 bridgehead atoms.